The quantitative estimate of drug-likeness (QED) is 0.888. The molecule has 2 heterocycles. The number of aromatic nitrogens is 3. The number of rotatable bonds is 3. The molecule has 0 aliphatic rings. The van der Waals surface area contributed by atoms with E-state index in [4.69, 9.17) is 5.73 Å². The summed E-state index contributed by atoms with van der Waals surface area (Å²) in [5, 5.41) is 6.42. The Labute approximate surface area is 99.1 Å². The molecule has 0 radical (unpaired) electrons. The Morgan fingerprint density at radius 2 is 2.31 bits per heavy atom. The Morgan fingerprint density at radius 3 is 2.88 bits per heavy atom. The first-order chi connectivity index (χ1) is 7.54. The number of hydrogen-bond donors (Lipinski definition) is 1. The molecule has 0 fully saturated rings. The molecule has 0 aliphatic heterocycles. The van der Waals surface area contributed by atoms with Crippen molar-refractivity contribution in [2.45, 2.75) is 25.8 Å². The second kappa shape index (κ2) is 3.99. The summed E-state index contributed by atoms with van der Waals surface area (Å²) in [4.78, 5) is 5.61. The lowest BCUT2D eigenvalue weighted by Gasteiger charge is -2.20. The third-order valence-corrected chi connectivity index (χ3v) is 3.62. The van der Waals surface area contributed by atoms with Crippen LogP contribution < -0.4 is 5.73 Å². The highest BCUT2D eigenvalue weighted by Gasteiger charge is 2.25. The van der Waals surface area contributed by atoms with Crippen LogP contribution in [0.3, 0.4) is 0 Å². The molecule has 5 heteroatoms. The van der Waals surface area contributed by atoms with Crippen LogP contribution in [0.4, 0.5) is 0 Å². The van der Waals surface area contributed by atoms with Gasteiger partial charge in [0.15, 0.2) is 5.82 Å². The SMILES string of the molecule is CCC(C)(N)c1nc(-c2cccs2)nn1C. The largest absolute Gasteiger partial charge is 0.319 e. The third kappa shape index (κ3) is 1.88. The Hall–Kier alpha value is -1.20. The lowest BCUT2D eigenvalue weighted by Crippen LogP contribution is -2.35. The molecule has 1 unspecified atom stereocenters. The highest BCUT2D eigenvalue weighted by molar-refractivity contribution is 7.13. The summed E-state index contributed by atoms with van der Waals surface area (Å²) >= 11 is 1.64. The Morgan fingerprint density at radius 1 is 1.56 bits per heavy atom. The molecule has 1 atom stereocenters. The van der Waals surface area contributed by atoms with Gasteiger partial charge in [0.05, 0.1) is 10.4 Å². The van der Waals surface area contributed by atoms with Crippen molar-refractivity contribution in [2.24, 2.45) is 12.8 Å². The van der Waals surface area contributed by atoms with Crippen LogP contribution in [0.2, 0.25) is 0 Å². The maximum absolute atomic E-state index is 6.18. The Balaban J connectivity index is 2.44. The molecular formula is C11H16N4S. The van der Waals surface area contributed by atoms with Crippen LogP contribution in [0.15, 0.2) is 17.5 Å². The van der Waals surface area contributed by atoms with Gasteiger partial charge >= 0.3 is 0 Å². The van der Waals surface area contributed by atoms with Gasteiger partial charge in [0.1, 0.15) is 5.82 Å². The maximum Gasteiger partial charge on any atom is 0.191 e. The van der Waals surface area contributed by atoms with Gasteiger partial charge in [-0.05, 0) is 24.8 Å². The van der Waals surface area contributed by atoms with Gasteiger partial charge in [0, 0.05) is 7.05 Å². The van der Waals surface area contributed by atoms with E-state index >= 15 is 0 Å². The predicted molar refractivity (Wildman–Crippen MR) is 66.1 cm³/mol. The van der Waals surface area contributed by atoms with Crippen LogP contribution in [0.1, 0.15) is 26.1 Å². The molecule has 2 rings (SSSR count). The smallest absolute Gasteiger partial charge is 0.191 e. The summed E-state index contributed by atoms with van der Waals surface area (Å²) in [6, 6.07) is 4.01. The van der Waals surface area contributed by atoms with Crippen molar-refractivity contribution in [3.8, 4) is 10.7 Å². The molecular weight excluding hydrogens is 220 g/mol. The van der Waals surface area contributed by atoms with E-state index in [9.17, 15) is 0 Å². The van der Waals surface area contributed by atoms with Crippen molar-refractivity contribution in [3.05, 3.63) is 23.3 Å². The maximum atomic E-state index is 6.18. The van der Waals surface area contributed by atoms with Gasteiger partial charge in [-0.25, -0.2) is 4.98 Å². The number of nitrogens with zero attached hydrogens (tertiary/aromatic N) is 3. The van der Waals surface area contributed by atoms with Crippen molar-refractivity contribution in [3.63, 3.8) is 0 Å². The highest BCUT2D eigenvalue weighted by atomic mass is 32.1. The average molecular weight is 236 g/mol. The van der Waals surface area contributed by atoms with Gasteiger partial charge < -0.3 is 5.73 Å². The minimum Gasteiger partial charge on any atom is -0.319 e. The molecule has 0 saturated carbocycles. The lowest BCUT2D eigenvalue weighted by atomic mass is 10.00. The van der Waals surface area contributed by atoms with Crippen molar-refractivity contribution < 1.29 is 0 Å². The van der Waals surface area contributed by atoms with Crippen LogP contribution in [0, 0.1) is 0 Å². The molecule has 2 N–H and O–H groups in total. The number of thiophene rings is 1. The van der Waals surface area contributed by atoms with Crippen LogP contribution in [0.5, 0.6) is 0 Å². The normalized spacial score (nSPS) is 15.0. The fourth-order valence-electron chi connectivity index (χ4n) is 1.55. The molecule has 4 nitrogen and oxygen atoms in total. The number of hydrogen-bond acceptors (Lipinski definition) is 4. The molecule has 0 spiro atoms. The van der Waals surface area contributed by atoms with Crippen LogP contribution in [0.25, 0.3) is 10.7 Å². The van der Waals surface area contributed by atoms with E-state index in [2.05, 4.69) is 17.0 Å². The van der Waals surface area contributed by atoms with Crippen molar-refractivity contribution in [1.29, 1.82) is 0 Å². The van der Waals surface area contributed by atoms with Crippen molar-refractivity contribution in [2.75, 3.05) is 0 Å². The number of nitrogens with two attached hydrogens (primary N) is 1. The van der Waals surface area contributed by atoms with Crippen LogP contribution >= 0.6 is 11.3 Å². The summed E-state index contributed by atoms with van der Waals surface area (Å²) in [6.07, 6.45) is 0.837. The topological polar surface area (TPSA) is 56.7 Å². The van der Waals surface area contributed by atoms with E-state index in [0.29, 0.717) is 0 Å². The average Bonchev–Trinajstić information content (AvgIpc) is 2.85. The van der Waals surface area contributed by atoms with Crippen molar-refractivity contribution >= 4 is 11.3 Å². The summed E-state index contributed by atoms with van der Waals surface area (Å²) in [6.45, 7) is 4.04. The summed E-state index contributed by atoms with van der Waals surface area (Å²) in [7, 11) is 1.89. The number of aryl methyl sites for hydroxylation is 1. The molecule has 0 saturated heterocycles. The van der Waals surface area contributed by atoms with Crippen molar-refractivity contribution in [1.82, 2.24) is 14.8 Å². The fourth-order valence-corrected chi connectivity index (χ4v) is 2.20. The second-order valence-electron chi connectivity index (χ2n) is 4.13. The zero-order valence-electron chi connectivity index (χ0n) is 9.77. The molecule has 16 heavy (non-hydrogen) atoms. The van der Waals surface area contributed by atoms with E-state index in [1.54, 1.807) is 16.0 Å². The Kier molecular flexibility index (Phi) is 2.82. The lowest BCUT2D eigenvalue weighted by molar-refractivity contribution is 0.423. The minimum atomic E-state index is -0.419. The monoisotopic (exact) mass is 236 g/mol. The first kappa shape index (κ1) is 11.3. The van der Waals surface area contributed by atoms with Gasteiger partial charge in [-0.3, -0.25) is 4.68 Å². The molecule has 2 aromatic heterocycles. The highest BCUT2D eigenvalue weighted by Crippen LogP contribution is 2.25. The molecule has 86 valence electrons. The van der Waals surface area contributed by atoms with Gasteiger partial charge in [-0.1, -0.05) is 13.0 Å². The van der Waals surface area contributed by atoms with E-state index in [1.807, 2.05) is 31.5 Å². The van der Waals surface area contributed by atoms with Gasteiger partial charge in [-0.15, -0.1) is 11.3 Å². The minimum absolute atomic E-state index is 0.419. The second-order valence-corrected chi connectivity index (χ2v) is 5.08. The molecule has 0 aliphatic carbocycles. The van der Waals surface area contributed by atoms with E-state index in [-0.39, 0.29) is 0 Å². The zero-order valence-corrected chi connectivity index (χ0v) is 10.6. The molecule has 0 aromatic carbocycles. The Bertz CT molecular complexity index is 470. The molecule has 0 bridgehead atoms. The zero-order chi connectivity index (χ0) is 11.8. The van der Waals surface area contributed by atoms with Gasteiger partial charge in [-0.2, -0.15) is 5.10 Å². The molecule has 2 aromatic rings. The summed E-state index contributed by atoms with van der Waals surface area (Å²) < 4.78 is 1.78. The predicted octanol–water partition coefficient (Wildman–Crippen LogP) is 2.13. The van der Waals surface area contributed by atoms with Gasteiger partial charge in [0.25, 0.3) is 0 Å². The summed E-state index contributed by atoms with van der Waals surface area (Å²) in [5.74, 6) is 1.59. The van der Waals surface area contributed by atoms with Crippen LogP contribution in [-0.2, 0) is 12.6 Å². The van der Waals surface area contributed by atoms with E-state index in [1.165, 1.54) is 0 Å². The standard InChI is InChI=1S/C11H16N4S/c1-4-11(2,12)10-13-9(14-15(10)3)8-6-5-7-16-8/h5-7H,4,12H2,1-3H3. The van der Waals surface area contributed by atoms with E-state index in [0.717, 1.165) is 22.9 Å². The van der Waals surface area contributed by atoms with Crippen LogP contribution in [-0.4, -0.2) is 14.8 Å². The fraction of sp³-hybridized carbons (Fsp3) is 0.455. The first-order valence-corrected chi connectivity index (χ1v) is 6.17. The van der Waals surface area contributed by atoms with Gasteiger partial charge in [0.2, 0.25) is 0 Å². The first-order valence-electron chi connectivity index (χ1n) is 5.29. The third-order valence-electron chi connectivity index (χ3n) is 2.75. The summed E-state index contributed by atoms with van der Waals surface area (Å²) in [5.41, 5.74) is 5.77. The van der Waals surface area contributed by atoms with E-state index < -0.39 is 5.54 Å². The molecule has 0 amide bonds.